The zero-order valence-electron chi connectivity index (χ0n) is 8.46. The van der Waals surface area contributed by atoms with E-state index in [9.17, 15) is 0 Å². The number of hydrogen-bond donors (Lipinski definition) is 1. The van der Waals surface area contributed by atoms with Gasteiger partial charge in [-0.1, -0.05) is 29.3 Å². The van der Waals surface area contributed by atoms with Gasteiger partial charge in [-0.05, 0) is 26.1 Å². The summed E-state index contributed by atoms with van der Waals surface area (Å²) in [5, 5.41) is 4.21. The van der Waals surface area contributed by atoms with Gasteiger partial charge in [-0.15, -0.1) is 0 Å². The Labute approximate surface area is 98.0 Å². The summed E-state index contributed by atoms with van der Waals surface area (Å²) in [6.07, 6.45) is 0. The molecular weight excluding hydrogens is 233 g/mol. The molecule has 0 saturated heterocycles. The van der Waals surface area contributed by atoms with Crippen LogP contribution in [0.2, 0.25) is 10.3 Å². The third kappa shape index (κ3) is 1.71. The minimum Gasteiger partial charge on any atom is -0.311 e. The number of imidazole rings is 1. The number of nitrogens with zero attached hydrogens (tertiary/aromatic N) is 2. The largest absolute Gasteiger partial charge is 0.311 e. The van der Waals surface area contributed by atoms with E-state index < -0.39 is 0 Å². The van der Waals surface area contributed by atoms with E-state index in [4.69, 9.17) is 23.2 Å². The van der Waals surface area contributed by atoms with Crippen LogP contribution in [0, 0.1) is 0 Å². The van der Waals surface area contributed by atoms with Crippen LogP contribution in [-0.2, 0) is 0 Å². The molecule has 5 heteroatoms. The fraction of sp³-hybridized carbons (Fsp3) is 0.300. The lowest BCUT2D eigenvalue weighted by Gasteiger charge is -2.09. The molecule has 2 aromatic rings. The summed E-state index contributed by atoms with van der Waals surface area (Å²) in [4.78, 5) is 4.30. The topological polar surface area (TPSA) is 29.3 Å². The van der Waals surface area contributed by atoms with Crippen molar-refractivity contribution in [3.63, 3.8) is 0 Å². The second-order valence-electron chi connectivity index (χ2n) is 3.34. The van der Waals surface area contributed by atoms with Gasteiger partial charge in [0.2, 0.25) is 0 Å². The van der Waals surface area contributed by atoms with Gasteiger partial charge in [0.1, 0.15) is 11.0 Å². The molecular formula is C10H11Cl2N3. The Morgan fingerprint density at radius 1 is 1.40 bits per heavy atom. The fourth-order valence-electron chi connectivity index (χ4n) is 1.50. The minimum atomic E-state index is 0.102. The number of halogens is 2. The molecule has 3 nitrogen and oxygen atoms in total. The fourth-order valence-corrected chi connectivity index (χ4v) is 1.99. The van der Waals surface area contributed by atoms with Gasteiger partial charge in [0.05, 0.1) is 11.6 Å². The van der Waals surface area contributed by atoms with Crippen LogP contribution in [0.25, 0.3) is 5.52 Å². The summed E-state index contributed by atoms with van der Waals surface area (Å²) < 4.78 is 1.85. The van der Waals surface area contributed by atoms with E-state index in [1.807, 2.05) is 36.6 Å². The molecule has 0 aliphatic heterocycles. The minimum absolute atomic E-state index is 0.102. The van der Waals surface area contributed by atoms with Crippen molar-refractivity contribution in [3.05, 3.63) is 34.3 Å². The van der Waals surface area contributed by atoms with Gasteiger partial charge in [-0.25, -0.2) is 4.98 Å². The molecule has 0 saturated carbocycles. The molecule has 15 heavy (non-hydrogen) atoms. The van der Waals surface area contributed by atoms with Crippen molar-refractivity contribution in [3.8, 4) is 0 Å². The van der Waals surface area contributed by atoms with E-state index in [1.165, 1.54) is 0 Å². The van der Waals surface area contributed by atoms with Gasteiger partial charge >= 0.3 is 0 Å². The summed E-state index contributed by atoms with van der Waals surface area (Å²) in [5.74, 6) is 0.822. The van der Waals surface area contributed by atoms with Gasteiger partial charge in [-0.3, -0.25) is 4.40 Å². The van der Waals surface area contributed by atoms with E-state index in [-0.39, 0.29) is 6.04 Å². The van der Waals surface area contributed by atoms with Gasteiger partial charge < -0.3 is 5.32 Å². The van der Waals surface area contributed by atoms with Crippen molar-refractivity contribution < 1.29 is 0 Å². The molecule has 0 aliphatic carbocycles. The summed E-state index contributed by atoms with van der Waals surface area (Å²) in [6, 6.07) is 5.68. The Hall–Kier alpha value is -0.770. The predicted octanol–water partition coefficient (Wildman–Crippen LogP) is 2.92. The third-order valence-corrected chi connectivity index (χ3v) is 2.99. The lowest BCUT2D eigenvalue weighted by molar-refractivity contribution is 0.608. The van der Waals surface area contributed by atoms with Crippen molar-refractivity contribution in [2.75, 3.05) is 7.05 Å². The molecule has 1 N–H and O–H groups in total. The Morgan fingerprint density at radius 2 is 2.13 bits per heavy atom. The molecule has 0 spiro atoms. The van der Waals surface area contributed by atoms with Crippen LogP contribution < -0.4 is 5.32 Å². The molecule has 0 fully saturated rings. The first-order valence-corrected chi connectivity index (χ1v) is 5.40. The maximum absolute atomic E-state index is 6.11. The van der Waals surface area contributed by atoms with Crippen LogP contribution >= 0.6 is 23.2 Å². The Balaban J connectivity index is 2.75. The molecule has 80 valence electrons. The number of nitrogens with one attached hydrogen (secondary N) is 1. The quantitative estimate of drug-likeness (QED) is 0.823. The summed E-state index contributed by atoms with van der Waals surface area (Å²) in [5.41, 5.74) is 0.835. The molecule has 0 aromatic carbocycles. The molecule has 2 aromatic heterocycles. The predicted molar refractivity (Wildman–Crippen MR) is 62.7 cm³/mol. The Bertz CT molecular complexity index is 493. The summed E-state index contributed by atoms with van der Waals surface area (Å²) in [7, 11) is 1.87. The molecule has 1 atom stereocenters. The number of hydrogen-bond acceptors (Lipinski definition) is 2. The molecule has 0 aliphatic rings. The molecule has 0 amide bonds. The number of aromatic nitrogens is 2. The third-order valence-electron chi connectivity index (χ3n) is 2.42. The maximum atomic E-state index is 6.11. The average molecular weight is 244 g/mol. The monoisotopic (exact) mass is 243 g/mol. The first-order chi connectivity index (χ1) is 7.15. The second kappa shape index (κ2) is 4.00. The van der Waals surface area contributed by atoms with Crippen LogP contribution in [0.1, 0.15) is 18.8 Å². The molecule has 0 bridgehead atoms. The van der Waals surface area contributed by atoms with Crippen molar-refractivity contribution in [1.82, 2.24) is 14.7 Å². The van der Waals surface area contributed by atoms with Crippen molar-refractivity contribution in [1.29, 1.82) is 0 Å². The zero-order chi connectivity index (χ0) is 11.0. The van der Waals surface area contributed by atoms with Crippen LogP contribution in [0.3, 0.4) is 0 Å². The maximum Gasteiger partial charge on any atom is 0.155 e. The van der Waals surface area contributed by atoms with E-state index >= 15 is 0 Å². The number of rotatable bonds is 2. The van der Waals surface area contributed by atoms with Crippen molar-refractivity contribution in [2.45, 2.75) is 13.0 Å². The van der Waals surface area contributed by atoms with Crippen LogP contribution in [0.5, 0.6) is 0 Å². The van der Waals surface area contributed by atoms with Crippen LogP contribution in [0.4, 0.5) is 0 Å². The molecule has 1 unspecified atom stereocenters. The van der Waals surface area contributed by atoms with Crippen molar-refractivity contribution in [2.24, 2.45) is 0 Å². The first-order valence-electron chi connectivity index (χ1n) is 4.64. The van der Waals surface area contributed by atoms with Crippen LogP contribution in [-0.4, -0.2) is 16.4 Å². The molecule has 2 heterocycles. The highest BCUT2D eigenvalue weighted by Crippen LogP contribution is 2.25. The van der Waals surface area contributed by atoms with Gasteiger partial charge in [0.25, 0.3) is 0 Å². The molecule has 2 rings (SSSR count). The van der Waals surface area contributed by atoms with E-state index in [2.05, 4.69) is 10.3 Å². The van der Waals surface area contributed by atoms with E-state index in [1.54, 1.807) is 0 Å². The van der Waals surface area contributed by atoms with Gasteiger partial charge in [0, 0.05) is 0 Å². The lowest BCUT2D eigenvalue weighted by Crippen LogP contribution is -2.15. The van der Waals surface area contributed by atoms with Crippen LogP contribution in [0.15, 0.2) is 18.2 Å². The Morgan fingerprint density at radius 3 is 2.80 bits per heavy atom. The van der Waals surface area contributed by atoms with Gasteiger partial charge in [0.15, 0.2) is 5.15 Å². The molecule has 0 radical (unpaired) electrons. The van der Waals surface area contributed by atoms with E-state index in [0.29, 0.717) is 10.3 Å². The number of fused-ring (bicyclic) bond motifs is 1. The highest BCUT2D eigenvalue weighted by Gasteiger charge is 2.15. The lowest BCUT2D eigenvalue weighted by atomic mass is 10.3. The smallest absolute Gasteiger partial charge is 0.155 e. The summed E-state index contributed by atoms with van der Waals surface area (Å²) in [6.45, 7) is 2.01. The zero-order valence-corrected chi connectivity index (χ0v) is 9.97. The van der Waals surface area contributed by atoms with E-state index in [0.717, 1.165) is 11.3 Å². The number of pyridine rings is 1. The SMILES string of the molecule is CNC(C)c1nc(Cl)c2cccc(Cl)n12. The highest BCUT2D eigenvalue weighted by atomic mass is 35.5. The Kier molecular flexibility index (Phi) is 2.87. The average Bonchev–Trinajstić information content (AvgIpc) is 2.57. The normalized spacial score (nSPS) is 13.3. The van der Waals surface area contributed by atoms with Gasteiger partial charge in [-0.2, -0.15) is 0 Å². The second-order valence-corrected chi connectivity index (χ2v) is 4.09. The van der Waals surface area contributed by atoms with Crippen molar-refractivity contribution >= 4 is 28.7 Å². The standard InChI is InChI=1S/C10H11Cl2N3/c1-6(13-2)10-14-9(12)7-4-3-5-8(11)15(7)10/h3-6,13H,1-2H3. The highest BCUT2D eigenvalue weighted by molar-refractivity contribution is 6.33. The summed E-state index contributed by atoms with van der Waals surface area (Å²) >= 11 is 12.1. The first kappa shape index (κ1) is 10.7.